The summed E-state index contributed by atoms with van der Waals surface area (Å²) in [6, 6.07) is 8.25. The number of rotatable bonds is 3. The second kappa shape index (κ2) is 6.56. The number of allylic oxidation sites excluding steroid dienone is 4. The first kappa shape index (κ1) is 19.2. The Morgan fingerprint density at radius 1 is 1.22 bits per heavy atom. The normalized spacial score (nSPS) is 26.4. The maximum absolute atomic E-state index is 13.2. The second-order valence-corrected chi connectivity index (χ2v) is 7.87. The Bertz CT molecular complexity index is 985. The number of fused-ring (bicyclic) bond motifs is 1. The topological polar surface area (TPSA) is 70.4 Å². The van der Waals surface area contributed by atoms with Crippen LogP contribution in [0.25, 0.3) is 0 Å². The highest BCUT2D eigenvalue weighted by atomic mass is 35.5. The Balaban J connectivity index is 2.06. The third-order valence-corrected chi connectivity index (χ3v) is 5.55. The van der Waals surface area contributed by atoms with Crippen LogP contribution in [0.3, 0.4) is 0 Å². The van der Waals surface area contributed by atoms with Gasteiger partial charge in [0, 0.05) is 23.9 Å². The summed E-state index contributed by atoms with van der Waals surface area (Å²) in [6.45, 7) is 1.74. The lowest BCUT2D eigenvalue weighted by atomic mass is 9.90. The van der Waals surface area contributed by atoms with Crippen LogP contribution in [-0.2, 0) is 4.74 Å². The van der Waals surface area contributed by atoms with Crippen LogP contribution in [0.5, 0.6) is 0 Å². The SMILES string of the molecule is COC(=O)c1cccc(C(=O)C2(Cl)C=C3C(=CC(C#N)=CC3(C)Cl)N2C)c1. The van der Waals surface area contributed by atoms with E-state index in [1.807, 2.05) is 0 Å². The monoisotopic (exact) mass is 402 g/mol. The van der Waals surface area contributed by atoms with E-state index in [1.165, 1.54) is 13.2 Å². The lowest BCUT2D eigenvalue weighted by molar-refractivity contribution is 0.0600. The molecule has 27 heavy (non-hydrogen) atoms. The highest BCUT2D eigenvalue weighted by Crippen LogP contribution is 2.48. The summed E-state index contributed by atoms with van der Waals surface area (Å²) in [5.74, 6) is -0.954. The molecule has 5 nitrogen and oxygen atoms in total. The van der Waals surface area contributed by atoms with Crippen molar-refractivity contribution in [1.82, 2.24) is 4.90 Å². The molecule has 1 aromatic rings. The summed E-state index contributed by atoms with van der Waals surface area (Å²) in [7, 11) is 2.94. The summed E-state index contributed by atoms with van der Waals surface area (Å²) in [5.41, 5.74) is 2.18. The minimum atomic E-state index is -1.52. The Morgan fingerprint density at radius 2 is 1.89 bits per heavy atom. The van der Waals surface area contributed by atoms with Gasteiger partial charge in [-0.25, -0.2) is 4.79 Å². The van der Waals surface area contributed by atoms with E-state index in [4.69, 9.17) is 27.9 Å². The van der Waals surface area contributed by atoms with Gasteiger partial charge < -0.3 is 9.64 Å². The van der Waals surface area contributed by atoms with Gasteiger partial charge in [0.1, 0.15) is 0 Å². The number of methoxy groups -OCH3 is 1. The molecule has 7 heteroatoms. The maximum Gasteiger partial charge on any atom is 0.337 e. The average molecular weight is 403 g/mol. The number of hydrogen-bond acceptors (Lipinski definition) is 5. The molecule has 0 radical (unpaired) electrons. The van der Waals surface area contributed by atoms with Crippen LogP contribution in [0.2, 0.25) is 0 Å². The van der Waals surface area contributed by atoms with Crippen LogP contribution in [0.1, 0.15) is 27.6 Å². The maximum atomic E-state index is 13.2. The van der Waals surface area contributed by atoms with E-state index in [-0.39, 0.29) is 11.1 Å². The number of nitrogens with zero attached hydrogens (tertiary/aromatic N) is 2. The van der Waals surface area contributed by atoms with Crippen LogP contribution in [0, 0.1) is 11.3 Å². The van der Waals surface area contributed by atoms with Gasteiger partial charge in [0.05, 0.1) is 29.2 Å². The summed E-state index contributed by atoms with van der Waals surface area (Å²) < 4.78 is 4.70. The molecular formula is C20H16Cl2N2O3. The third kappa shape index (κ3) is 3.05. The Morgan fingerprint density at radius 3 is 2.52 bits per heavy atom. The van der Waals surface area contributed by atoms with E-state index in [9.17, 15) is 14.9 Å². The number of ketones is 1. The number of esters is 1. The lowest BCUT2D eigenvalue weighted by Gasteiger charge is -2.32. The number of benzene rings is 1. The van der Waals surface area contributed by atoms with Crippen molar-refractivity contribution in [3.8, 4) is 6.07 Å². The summed E-state index contributed by atoms with van der Waals surface area (Å²) in [6.07, 6.45) is 4.88. The Labute approximate surface area is 167 Å². The zero-order chi connectivity index (χ0) is 20.0. The number of hydrogen-bond donors (Lipinski definition) is 0. The molecule has 1 heterocycles. The van der Waals surface area contributed by atoms with Crippen LogP contribution in [0.4, 0.5) is 0 Å². The van der Waals surface area contributed by atoms with Crippen molar-refractivity contribution in [3.05, 3.63) is 70.5 Å². The van der Waals surface area contributed by atoms with Gasteiger partial charge in [-0.1, -0.05) is 23.7 Å². The van der Waals surface area contributed by atoms with E-state index in [0.29, 0.717) is 16.8 Å². The first-order valence-corrected chi connectivity index (χ1v) is 8.83. The first-order chi connectivity index (χ1) is 12.6. The molecule has 0 aromatic heterocycles. The van der Waals surface area contributed by atoms with Gasteiger partial charge in [-0.3, -0.25) is 4.79 Å². The van der Waals surface area contributed by atoms with Crippen molar-refractivity contribution in [3.63, 3.8) is 0 Å². The molecule has 0 saturated heterocycles. The fourth-order valence-electron chi connectivity index (χ4n) is 3.23. The van der Waals surface area contributed by atoms with Crippen molar-refractivity contribution in [1.29, 1.82) is 5.26 Å². The van der Waals surface area contributed by atoms with Crippen LogP contribution < -0.4 is 0 Å². The minimum Gasteiger partial charge on any atom is -0.465 e. The zero-order valence-electron chi connectivity index (χ0n) is 14.9. The number of ether oxygens (including phenoxy) is 1. The molecule has 0 saturated carbocycles. The molecular weight excluding hydrogens is 387 g/mol. The number of halogens is 2. The summed E-state index contributed by atoms with van der Waals surface area (Å²) >= 11 is 13.3. The Kier molecular flexibility index (Phi) is 4.67. The smallest absolute Gasteiger partial charge is 0.337 e. The van der Waals surface area contributed by atoms with E-state index in [1.54, 1.807) is 55.3 Å². The molecule has 2 aliphatic rings. The van der Waals surface area contributed by atoms with Crippen LogP contribution in [0.15, 0.2) is 59.3 Å². The third-order valence-electron chi connectivity index (χ3n) is 4.70. The number of nitriles is 1. The molecule has 2 unspecified atom stereocenters. The molecule has 0 N–H and O–H groups in total. The molecule has 138 valence electrons. The van der Waals surface area contributed by atoms with Crippen LogP contribution >= 0.6 is 23.2 Å². The highest BCUT2D eigenvalue weighted by molar-refractivity contribution is 6.40. The predicted octanol–water partition coefficient (Wildman–Crippen LogP) is 3.81. The molecule has 0 amide bonds. The van der Waals surface area contributed by atoms with Gasteiger partial charge in [-0.05, 0) is 37.3 Å². The average Bonchev–Trinajstić information content (AvgIpc) is 2.93. The predicted molar refractivity (Wildman–Crippen MR) is 103 cm³/mol. The fraction of sp³-hybridized carbons (Fsp3) is 0.250. The van der Waals surface area contributed by atoms with Crippen LogP contribution in [-0.4, -0.2) is 40.7 Å². The molecule has 1 aromatic carbocycles. The van der Waals surface area contributed by atoms with Crippen molar-refractivity contribution < 1.29 is 14.3 Å². The quantitative estimate of drug-likeness (QED) is 0.332. The largest absolute Gasteiger partial charge is 0.465 e. The number of likely N-dealkylation sites (N-methyl/N-ethyl adjacent to an activating group) is 1. The van der Waals surface area contributed by atoms with E-state index < -0.39 is 21.6 Å². The molecule has 1 aliphatic heterocycles. The van der Waals surface area contributed by atoms with E-state index in [2.05, 4.69) is 6.07 Å². The van der Waals surface area contributed by atoms with Crippen molar-refractivity contribution in [2.24, 2.45) is 0 Å². The van der Waals surface area contributed by atoms with Gasteiger partial charge in [0.15, 0.2) is 5.00 Å². The minimum absolute atomic E-state index is 0.254. The van der Waals surface area contributed by atoms with Gasteiger partial charge in [-0.15, -0.1) is 11.6 Å². The number of Topliss-reactive ketones (excluding diaryl/α,β-unsaturated/α-hetero) is 1. The summed E-state index contributed by atoms with van der Waals surface area (Å²) in [4.78, 5) is 24.1. The molecule has 1 aliphatic carbocycles. The molecule has 0 spiro atoms. The van der Waals surface area contributed by atoms with E-state index in [0.717, 1.165) is 0 Å². The Hall–Kier alpha value is -2.55. The number of alkyl halides is 2. The highest BCUT2D eigenvalue weighted by Gasteiger charge is 2.50. The van der Waals surface area contributed by atoms with Crippen molar-refractivity contribution in [2.75, 3.05) is 14.2 Å². The molecule has 0 bridgehead atoms. The molecule has 3 rings (SSSR count). The van der Waals surface area contributed by atoms with E-state index >= 15 is 0 Å². The van der Waals surface area contributed by atoms with Gasteiger partial charge in [0.25, 0.3) is 0 Å². The number of carbonyl (C=O) groups excluding carboxylic acids is 2. The lowest BCUT2D eigenvalue weighted by Crippen LogP contribution is -2.43. The molecule has 2 atom stereocenters. The van der Waals surface area contributed by atoms with Gasteiger partial charge >= 0.3 is 5.97 Å². The standard InChI is InChI=1S/C20H16Cl2N2O3/c1-19(21)9-12(11-23)7-16-15(19)10-20(22,24(16)2)17(25)13-5-4-6-14(8-13)18(26)27-3/h4-10H,1-3H3. The van der Waals surface area contributed by atoms with Crippen molar-refractivity contribution in [2.45, 2.75) is 16.8 Å². The summed E-state index contributed by atoms with van der Waals surface area (Å²) in [5, 5.41) is 9.25. The number of carbonyl (C=O) groups is 2. The van der Waals surface area contributed by atoms with Gasteiger partial charge in [-0.2, -0.15) is 5.26 Å². The van der Waals surface area contributed by atoms with Gasteiger partial charge in [0.2, 0.25) is 5.78 Å². The van der Waals surface area contributed by atoms with Crippen molar-refractivity contribution >= 4 is 35.0 Å². The fourth-order valence-corrected chi connectivity index (χ4v) is 3.81. The first-order valence-electron chi connectivity index (χ1n) is 8.07. The molecule has 0 fully saturated rings. The second-order valence-electron chi connectivity index (χ2n) is 6.51. The zero-order valence-corrected chi connectivity index (χ0v) is 16.4.